The van der Waals surface area contributed by atoms with Crippen LogP contribution in [0.3, 0.4) is 0 Å². The largest absolute Gasteiger partial charge is 0.383 e. The van der Waals surface area contributed by atoms with E-state index in [9.17, 15) is 4.79 Å². The first kappa shape index (κ1) is 29.4. The van der Waals surface area contributed by atoms with Gasteiger partial charge in [0.2, 0.25) is 0 Å². The van der Waals surface area contributed by atoms with Crippen molar-refractivity contribution in [3.8, 4) is 29.8 Å². The zero-order valence-corrected chi connectivity index (χ0v) is 22.5. The maximum absolute atomic E-state index is 12.9. The smallest absolute Gasteiger partial charge is 0.320 e. The molecule has 1 fully saturated rings. The van der Waals surface area contributed by atoms with E-state index in [-0.39, 0.29) is 12.1 Å². The van der Waals surface area contributed by atoms with Gasteiger partial charge in [0.1, 0.15) is 11.5 Å². The topological polar surface area (TPSA) is 89.2 Å². The maximum Gasteiger partial charge on any atom is 0.320 e. The summed E-state index contributed by atoms with van der Waals surface area (Å²) in [6.07, 6.45) is 16.6. The molecule has 0 bridgehead atoms. The number of hydrogen-bond donors (Lipinski definition) is 2. The summed E-state index contributed by atoms with van der Waals surface area (Å²) >= 11 is 0. The monoisotopic (exact) mass is 505 g/mol. The molecular formula is C28H39N7O2. The number of ether oxygens (including phenoxy) is 1. The van der Waals surface area contributed by atoms with Crippen LogP contribution in [-0.4, -0.2) is 69.9 Å². The third kappa shape index (κ3) is 8.34. The van der Waals surface area contributed by atoms with Crippen molar-refractivity contribution >= 4 is 11.8 Å². The van der Waals surface area contributed by atoms with Gasteiger partial charge in [0.05, 0.1) is 18.5 Å². The lowest BCUT2D eigenvalue weighted by atomic mass is 10.1. The summed E-state index contributed by atoms with van der Waals surface area (Å²) < 4.78 is 8.67. The van der Waals surface area contributed by atoms with Gasteiger partial charge < -0.3 is 10.1 Å². The zero-order chi connectivity index (χ0) is 27.2. The van der Waals surface area contributed by atoms with E-state index in [2.05, 4.69) is 33.5 Å². The number of amides is 2. The van der Waals surface area contributed by atoms with Crippen LogP contribution in [0.2, 0.25) is 0 Å². The minimum absolute atomic E-state index is 0.114. The highest BCUT2D eigenvalue weighted by atomic mass is 16.5. The van der Waals surface area contributed by atoms with Crippen molar-refractivity contribution in [1.82, 2.24) is 29.8 Å². The van der Waals surface area contributed by atoms with E-state index in [1.807, 2.05) is 76.5 Å². The number of methoxy groups -OCH3 is 1. The third-order valence-corrected chi connectivity index (χ3v) is 5.89. The average molecular weight is 506 g/mol. The summed E-state index contributed by atoms with van der Waals surface area (Å²) in [6.45, 7) is 9.33. The fraction of sp³-hybridized carbons (Fsp3) is 0.393. The highest BCUT2D eigenvalue weighted by Crippen LogP contribution is 2.30. The molecule has 4 rings (SSSR count). The number of nitrogens with one attached hydrogen (secondary N) is 2. The van der Waals surface area contributed by atoms with E-state index in [0.29, 0.717) is 12.4 Å². The first-order valence-electron chi connectivity index (χ1n) is 12.3. The summed E-state index contributed by atoms with van der Waals surface area (Å²) in [7, 11) is 3.58. The van der Waals surface area contributed by atoms with Crippen molar-refractivity contribution in [3.05, 3.63) is 60.4 Å². The van der Waals surface area contributed by atoms with Crippen molar-refractivity contribution in [2.24, 2.45) is 7.05 Å². The predicted octanol–water partition coefficient (Wildman–Crippen LogP) is 4.26. The molecule has 1 atom stereocenters. The molecule has 2 amide bonds. The molecule has 0 spiro atoms. The lowest BCUT2D eigenvalue weighted by Gasteiger charge is -2.17. The Morgan fingerprint density at radius 1 is 1.22 bits per heavy atom. The van der Waals surface area contributed by atoms with Gasteiger partial charge in [-0.05, 0) is 39.3 Å². The molecule has 2 aromatic heterocycles. The third-order valence-electron chi connectivity index (χ3n) is 5.89. The van der Waals surface area contributed by atoms with Crippen LogP contribution in [0.4, 0.5) is 10.6 Å². The van der Waals surface area contributed by atoms with Crippen molar-refractivity contribution in [2.45, 2.75) is 33.2 Å². The van der Waals surface area contributed by atoms with Gasteiger partial charge in [-0.1, -0.05) is 30.4 Å². The molecule has 1 saturated heterocycles. The predicted molar refractivity (Wildman–Crippen MR) is 150 cm³/mol. The van der Waals surface area contributed by atoms with E-state index in [0.717, 1.165) is 48.6 Å². The maximum atomic E-state index is 12.9. The Morgan fingerprint density at radius 3 is 2.51 bits per heavy atom. The highest BCUT2D eigenvalue weighted by Gasteiger charge is 2.25. The van der Waals surface area contributed by atoms with Crippen LogP contribution >= 0.6 is 0 Å². The molecule has 0 saturated carbocycles. The Hall–Kier alpha value is -3.87. The normalized spacial score (nSPS) is 14.9. The number of aromatic nitrogens is 4. The Kier molecular flexibility index (Phi) is 12.1. The van der Waals surface area contributed by atoms with Gasteiger partial charge in [-0.25, -0.2) is 9.48 Å². The average Bonchev–Trinajstić information content (AvgIpc) is 3.64. The second-order valence-corrected chi connectivity index (χ2v) is 8.52. The number of terminal acetylenes is 1. The fourth-order valence-corrected chi connectivity index (χ4v) is 3.92. The number of anilines is 1. The van der Waals surface area contributed by atoms with Crippen LogP contribution in [0.1, 0.15) is 25.8 Å². The first-order chi connectivity index (χ1) is 18.0. The number of benzene rings is 1. The summed E-state index contributed by atoms with van der Waals surface area (Å²) in [5, 5.41) is 15.2. The van der Waals surface area contributed by atoms with Crippen molar-refractivity contribution in [2.75, 3.05) is 38.7 Å². The van der Waals surface area contributed by atoms with Gasteiger partial charge in [0.25, 0.3) is 0 Å². The number of carbonyl (C=O) groups is 1. The molecule has 1 aliphatic heterocycles. The Labute approximate surface area is 220 Å². The summed E-state index contributed by atoms with van der Waals surface area (Å²) in [4.78, 5) is 15.2. The van der Waals surface area contributed by atoms with Crippen LogP contribution in [0.5, 0.6) is 0 Å². The van der Waals surface area contributed by atoms with Crippen LogP contribution in [0, 0.1) is 19.8 Å². The molecule has 2 N–H and O–H groups in total. The lowest BCUT2D eigenvalue weighted by molar-refractivity contribution is 0.160. The van der Waals surface area contributed by atoms with E-state index >= 15 is 0 Å². The molecular weight excluding hydrogens is 466 g/mol. The van der Waals surface area contributed by atoms with Crippen molar-refractivity contribution in [1.29, 1.82) is 0 Å². The molecule has 0 radical (unpaired) electrons. The van der Waals surface area contributed by atoms with E-state index in [1.165, 1.54) is 0 Å². The highest BCUT2D eigenvalue weighted by molar-refractivity contribution is 5.91. The van der Waals surface area contributed by atoms with Gasteiger partial charge >= 0.3 is 6.03 Å². The van der Waals surface area contributed by atoms with Crippen molar-refractivity contribution < 1.29 is 9.53 Å². The molecule has 37 heavy (non-hydrogen) atoms. The van der Waals surface area contributed by atoms with Gasteiger partial charge in [-0.2, -0.15) is 10.2 Å². The number of urea groups is 1. The molecule has 198 valence electrons. The minimum Gasteiger partial charge on any atom is -0.383 e. The molecule has 1 aliphatic rings. The number of para-hydroxylation sites is 1. The Morgan fingerprint density at radius 2 is 1.92 bits per heavy atom. The number of likely N-dealkylation sites (tertiary alicyclic amines) is 1. The number of hydrogen-bond acceptors (Lipinski definition) is 5. The van der Waals surface area contributed by atoms with Gasteiger partial charge in [-0.15, -0.1) is 12.8 Å². The van der Waals surface area contributed by atoms with E-state index in [4.69, 9.17) is 9.84 Å². The molecule has 9 nitrogen and oxygen atoms in total. The Bertz CT molecular complexity index is 1140. The van der Waals surface area contributed by atoms with E-state index < -0.39 is 0 Å². The van der Waals surface area contributed by atoms with Gasteiger partial charge in [0.15, 0.2) is 0 Å². The van der Waals surface area contributed by atoms with Crippen LogP contribution < -0.4 is 10.6 Å². The standard InChI is InChI=1S/C22H29N7O2.C4H8.C2H2/c1-16-20(17-13-23-27(2)14-17)26-29(19-7-5-4-6-8-19)21(16)25-22(30)24-18-9-10-28(15-18)11-12-31-3;1-3-4-2;1-2/h4-8,13-14,18H,9-12,15H2,1-3H3,(H2,24,25,30);3-4H,1-2H3;1-2H/b;4-3-;/t18-;;/m0../s1. The van der Waals surface area contributed by atoms with Crippen molar-refractivity contribution in [3.63, 3.8) is 0 Å². The quantitative estimate of drug-likeness (QED) is 0.370. The number of allylic oxidation sites excluding steroid dienone is 2. The molecule has 0 unspecified atom stereocenters. The lowest BCUT2D eigenvalue weighted by Crippen LogP contribution is -2.40. The van der Waals surface area contributed by atoms with Gasteiger partial charge in [-0.3, -0.25) is 14.9 Å². The van der Waals surface area contributed by atoms with E-state index in [1.54, 1.807) is 22.7 Å². The molecule has 0 aliphatic carbocycles. The summed E-state index contributed by atoms with van der Waals surface area (Å²) in [5.41, 5.74) is 3.46. The summed E-state index contributed by atoms with van der Waals surface area (Å²) in [6, 6.07) is 9.68. The van der Waals surface area contributed by atoms with Crippen LogP contribution in [-0.2, 0) is 11.8 Å². The zero-order valence-electron chi connectivity index (χ0n) is 22.5. The Balaban J connectivity index is 0.000000733. The minimum atomic E-state index is -0.225. The van der Waals surface area contributed by atoms with Gasteiger partial charge in [0, 0.05) is 57.2 Å². The SMILES string of the molecule is C#C.C/C=C\C.COCCN1CC[C@H](NC(=O)Nc2c(C)c(-c3cnn(C)c3)nn2-c2ccccc2)C1. The fourth-order valence-electron chi connectivity index (χ4n) is 3.92. The summed E-state index contributed by atoms with van der Waals surface area (Å²) in [5.74, 6) is 0.650. The molecule has 1 aromatic carbocycles. The first-order valence-corrected chi connectivity index (χ1v) is 12.3. The molecule has 3 aromatic rings. The second kappa shape index (κ2) is 15.3. The number of aryl methyl sites for hydroxylation is 1. The second-order valence-electron chi connectivity index (χ2n) is 8.52. The number of carbonyl (C=O) groups excluding carboxylic acids is 1. The number of rotatable bonds is 7. The number of nitrogens with zero attached hydrogens (tertiary/aromatic N) is 5. The van der Waals surface area contributed by atoms with Crippen LogP contribution in [0.25, 0.3) is 16.9 Å². The molecule has 9 heteroatoms. The van der Waals surface area contributed by atoms with Crippen LogP contribution in [0.15, 0.2) is 54.9 Å². The molecule has 3 heterocycles.